The number of aryl methyl sites for hydroxylation is 4. The van der Waals surface area contributed by atoms with Crippen molar-refractivity contribution in [1.29, 1.82) is 0 Å². The number of rotatable bonds is 7. The molecule has 0 saturated heterocycles. The molecule has 13 heteroatoms. The lowest BCUT2D eigenvalue weighted by Gasteiger charge is -2.00. The maximum Gasteiger partial charge on any atom is 0.313 e. The predicted molar refractivity (Wildman–Crippen MR) is 144 cm³/mol. The van der Waals surface area contributed by atoms with E-state index in [0.717, 1.165) is 0 Å². The number of carboxylic acids is 1. The summed E-state index contributed by atoms with van der Waals surface area (Å²) in [6, 6.07) is 0. The van der Waals surface area contributed by atoms with Gasteiger partial charge in [-0.25, -0.2) is 9.97 Å². The summed E-state index contributed by atoms with van der Waals surface area (Å²) in [5, 5.41) is 8.42. The number of hydrogen-bond donors (Lipinski definition) is 2. The van der Waals surface area contributed by atoms with Crippen molar-refractivity contribution in [3.05, 3.63) is 34.7 Å². The first kappa shape index (κ1) is 42.1. The Morgan fingerprint density at radius 3 is 1.44 bits per heavy atom. The molecule has 0 aliphatic heterocycles. The lowest BCUT2D eigenvalue weighted by Crippen LogP contribution is -2.13. The zero-order valence-corrected chi connectivity index (χ0v) is 22.8. The molecule has 1 amide bonds. The number of aliphatic carboxylic acids is 1. The van der Waals surface area contributed by atoms with E-state index in [1.807, 2.05) is 0 Å². The van der Waals surface area contributed by atoms with Crippen LogP contribution < -0.4 is 5.73 Å². The summed E-state index contributed by atoms with van der Waals surface area (Å²) >= 11 is 0. The molecule has 0 saturated carbocycles. The van der Waals surface area contributed by atoms with E-state index >= 15 is 0 Å². The maximum atomic E-state index is 10.8. The lowest BCUT2D eigenvalue weighted by molar-refractivity contribution is -0.144. The Hall–Kier alpha value is -4.03. The number of carbonyl (C=O) groups excluding carboxylic acids is 4. The van der Waals surface area contributed by atoms with Crippen molar-refractivity contribution < 1.29 is 47.4 Å². The Morgan fingerprint density at radius 1 is 0.821 bits per heavy atom. The van der Waals surface area contributed by atoms with Crippen molar-refractivity contribution in [3.8, 4) is 0 Å². The molecule has 0 aromatic carbocycles. The van der Waals surface area contributed by atoms with E-state index in [4.69, 9.17) is 13.9 Å². The number of Topliss-reactive ketones (excluding diaryl/α,β-unsaturated/α-hetero) is 1. The third kappa shape index (κ3) is 21.7. The standard InChI is InChI=1S/C8H11NO3.C7H9NO3.C7H12O3.C2H5NO.2CH4/c1-5-7(4-8(10)11-3)9-6(2)12-5;1-4-6(3-7(9)10)8-5(2)11-4;1-5(2)6(8)4-7(9)10-3;1-2(3)4;;/h4H2,1-3H3;3H2,1-2H3,(H,9,10);5H,4H2,1-3H3;1H3,(H2,3,4);2*1H4. The number of carboxylic acid groups (broad SMARTS) is 1. The highest BCUT2D eigenvalue weighted by Crippen LogP contribution is 2.10. The number of ether oxygens (including phenoxy) is 2. The van der Waals surface area contributed by atoms with Crippen LogP contribution in [0.1, 0.15) is 76.7 Å². The number of primary amides is 1. The summed E-state index contributed by atoms with van der Waals surface area (Å²) in [7, 11) is 2.63. The van der Waals surface area contributed by atoms with Crippen molar-refractivity contribution in [2.24, 2.45) is 11.7 Å². The first-order valence-corrected chi connectivity index (χ1v) is 11.0. The largest absolute Gasteiger partial charge is 0.481 e. The van der Waals surface area contributed by atoms with Gasteiger partial charge in [0.05, 0.1) is 38.4 Å². The summed E-state index contributed by atoms with van der Waals surface area (Å²) < 4.78 is 19.0. The summed E-state index contributed by atoms with van der Waals surface area (Å²) in [5.41, 5.74) is 5.63. The Morgan fingerprint density at radius 2 is 1.18 bits per heavy atom. The zero-order valence-electron chi connectivity index (χ0n) is 22.8. The van der Waals surface area contributed by atoms with Crippen molar-refractivity contribution >= 4 is 29.6 Å². The number of nitrogens with zero attached hydrogens (tertiary/aromatic N) is 2. The highest BCUT2D eigenvalue weighted by atomic mass is 16.5. The van der Waals surface area contributed by atoms with Gasteiger partial charge in [-0.2, -0.15) is 0 Å². The smallest absolute Gasteiger partial charge is 0.313 e. The summed E-state index contributed by atoms with van der Waals surface area (Å²) in [6.07, 6.45) is 0.0109. The highest BCUT2D eigenvalue weighted by Gasteiger charge is 2.12. The van der Waals surface area contributed by atoms with Crippen LogP contribution in [0.3, 0.4) is 0 Å². The molecule has 0 radical (unpaired) electrons. The average Bonchev–Trinajstić information content (AvgIpc) is 3.26. The minimum absolute atomic E-state index is 0. The van der Waals surface area contributed by atoms with E-state index in [-0.39, 0.29) is 57.7 Å². The van der Waals surface area contributed by atoms with Crippen LogP contribution in [0.25, 0.3) is 0 Å². The molecule has 0 fully saturated rings. The molecular weight excluding hydrogens is 514 g/mol. The van der Waals surface area contributed by atoms with Crippen LogP contribution in [0.2, 0.25) is 0 Å². The first-order chi connectivity index (χ1) is 17.0. The van der Waals surface area contributed by atoms with Gasteiger partial charge in [0.1, 0.15) is 23.7 Å². The van der Waals surface area contributed by atoms with Gasteiger partial charge in [0.15, 0.2) is 11.8 Å². The molecule has 39 heavy (non-hydrogen) atoms. The number of nitrogens with two attached hydrogens (primary N) is 1. The number of oxazole rings is 2. The molecule has 2 aromatic rings. The van der Waals surface area contributed by atoms with Crippen LogP contribution in [0, 0.1) is 33.6 Å². The lowest BCUT2D eigenvalue weighted by atomic mass is 10.1. The van der Waals surface area contributed by atoms with Crippen LogP contribution in [-0.4, -0.2) is 58.9 Å². The molecule has 0 unspecified atom stereocenters. The maximum absolute atomic E-state index is 10.8. The molecule has 0 aliphatic rings. The molecule has 0 spiro atoms. The fourth-order valence-corrected chi connectivity index (χ4v) is 2.24. The Kier molecular flexibility index (Phi) is 23.7. The summed E-state index contributed by atoms with van der Waals surface area (Å²) in [5.74, 6) is 0.213. The van der Waals surface area contributed by atoms with E-state index in [0.29, 0.717) is 34.7 Å². The van der Waals surface area contributed by atoms with Gasteiger partial charge >= 0.3 is 17.9 Å². The van der Waals surface area contributed by atoms with Gasteiger partial charge in [0.2, 0.25) is 5.91 Å². The molecule has 0 bridgehead atoms. The SMILES string of the molecule is C.C.CC(N)=O.COC(=O)CC(=O)C(C)C.COC(=O)Cc1nc(C)oc1C.Cc1nc(CC(=O)O)c(C)o1. The van der Waals surface area contributed by atoms with E-state index in [2.05, 4.69) is 25.2 Å². The minimum Gasteiger partial charge on any atom is -0.481 e. The molecule has 2 rings (SSSR count). The van der Waals surface area contributed by atoms with E-state index in [1.54, 1.807) is 41.5 Å². The van der Waals surface area contributed by atoms with Crippen molar-refractivity contribution in [2.45, 2.75) is 82.6 Å². The van der Waals surface area contributed by atoms with Crippen LogP contribution in [0.4, 0.5) is 0 Å². The van der Waals surface area contributed by atoms with Crippen molar-refractivity contribution in [1.82, 2.24) is 9.97 Å². The van der Waals surface area contributed by atoms with Gasteiger partial charge < -0.3 is 29.1 Å². The van der Waals surface area contributed by atoms with E-state index in [1.165, 1.54) is 21.1 Å². The number of amides is 1. The molecule has 0 aliphatic carbocycles. The number of ketones is 1. The van der Waals surface area contributed by atoms with E-state index in [9.17, 15) is 24.0 Å². The van der Waals surface area contributed by atoms with Crippen molar-refractivity contribution in [2.75, 3.05) is 14.2 Å². The van der Waals surface area contributed by atoms with Crippen molar-refractivity contribution in [3.63, 3.8) is 0 Å². The third-order valence-corrected chi connectivity index (χ3v) is 4.05. The molecule has 13 nitrogen and oxygen atoms in total. The average molecular weight is 560 g/mol. The number of esters is 2. The topological polar surface area (TPSA) is 202 Å². The molecule has 224 valence electrons. The van der Waals surface area contributed by atoms with Gasteiger partial charge in [-0.05, 0) is 13.8 Å². The monoisotopic (exact) mass is 559 g/mol. The summed E-state index contributed by atoms with van der Waals surface area (Å²) in [6.45, 7) is 11.7. The predicted octanol–water partition coefficient (Wildman–Crippen LogP) is 3.46. The second kappa shape index (κ2) is 22.0. The number of hydrogen-bond acceptors (Lipinski definition) is 11. The van der Waals surface area contributed by atoms with Gasteiger partial charge in [-0.1, -0.05) is 28.7 Å². The number of methoxy groups -OCH3 is 2. The van der Waals surface area contributed by atoms with Gasteiger partial charge in [-0.3, -0.25) is 24.0 Å². The molecule has 2 aromatic heterocycles. The third-order valence-electron chi connectivity index (χ3n) is 4.05. The minimum atomic E-state index is -0.888. The van der Waals surface area contributed by atoms with Crippen LogP contribution >= 0.6 is 0 Å². The van der Waals surface area contributed by atoms with E-state index < -0.39 is 11.9 Å². The van der Waals surface area contributed by atoms with Gasteiger partial charge in [0, 0.05) is 26.7 Å². The number of aromatic nitrogens is 2. The number of carbonyl (C=O) groups is 5. The fraction of sp³-hybridized carbons (Fsp3) is 0.577. The second-order valence-corrected chi connectivity index (χ2v) is 7.78. The van der Waals surface area contributed by atoms with Crippen LogP contribution in [-0.2, 0) is 46.3 Å². The van der Waals surface area contributed by atoms with Crippen LogP contribution in [0.15, 0.2) is 8.83 Å². The molecule has 0 atom stereocenters. The molecule has 2 heterocycles. The van der Waals surface area contributed by atoms with Crippen LogP contribution in [0.5, 0.6) is 0 Å². The Labute approximate surface area is 230 Å². The molecular formula is C26H45N3O10. The fourth-order valence-electron chi connectivity index (χ4n) is 2.24. The normalized spacial score (nSPS) is 8.97. The quantitative estimate of drug-likeness (QED) is 0.370. The van der Waals surface area contributed by atoms with Gasteiger partial charge in [0.25, 0.3) is 0 Å². The first-order valence-electron chi connectivity index (χ1n) is 11.0. The Bertz CT molecular complexity index is 1030. The highest BCUT2D eigenvalue weighted by molar-refractivity contribution is 5.96. The molecule has 3 N–H and O–H groups in total. The second-order valence-electron chi connectivity index (χ2n) is 7.78. The zero-order chi connectivity index (χ0) is 29.3. The summed E-state index contributed by atoms with van der Waals surface area (Å²) in [4.78, 5) is 59.5. The Balaban J connectivity index is -0.000000216. The van der Waals surface area contributed by atoms with Gasteiger partial charge in [-0.15, -0.1) is 0 Å².